The van der Waals surface area contributed by atoms with Crippen LogP contribution in [0.15, 0.2) is 42.5 Å². The summed E-state index contributed by atoms with van der Waals surface area (Å²) in [5, 5.41) is 0. The first-order valence-corrected chi connectivity index (χ1v) is 9.29. The number of methoxy groups -OCH3 is 2. The summed E-state index contributed by atoms with van der Waals surface area (Å²) in [6, 6.07) is 12.5. The van der Waals surface area contributed by atoms with E-state index in [1.807, 2.05) is 24.3 Å². The van der Waals surface area contributed by atoms with Crippen molar-refractivity contribution in [1.82, 2.24) is 4.90 Å². The average Bonchev–Trinajstić information content (AvgIpc) is 2.77. The van der Waals surface area contributed by atoms with Crippen LogP contribution in [0.2, 0.25) is 0 Å². The van der Waals surface area contributed by atoms with E-state index in [0.717, 1.165) is 24.5 Å². The van der Waals surface area contributed by atoms with Crippen molar-refractivity contribution >= 4 is 17.5 Å². The molecular weight excluding hydrogens is 374 g/mol. The van der Waals surface area contributed by atoms with E-state index in [-0.39, 0.29) is 23.8 Å². The SMILES string of the molecule is COc1ccc(N2CCN(C(=O)COc3cc(OC)ccc3C(N)=O)CC2)cc1. The van der Waals surface area contributed by atoms with Gasteiger partial charge in [0.2, 0.25) is 0 Å². The molecule has 1 heterocycles. The second-order valence-electron chi connectivity index (χ2n) is 6.58. The number of hydrogen-bond donors (Lipinski definition) is 1. The molecule has 1 aliphatic rings. The van der Waals surface area contributed by atoms with Gasteiger partial charge in [0.15, 0.2) is 6.61 Å². The van der Waals surface area contributed by atoms with Crippen LogP contribution < -0.4 is 24.8 Å². The van der Waals surface area contributed by atoms with Gasteiger partial charge < -0.3 is 29.7 Å². The minimum atomic E-state index is -0.622. The van der Waals surface area contributed by atoms with E-state index in [9.17, 15) is 9.59 Å². The molecule has 154 valence electrons. The lowest BCUT2D eigenvalue weighted by atomic mass is 10.2. The smallest absolute Gasteiger partial charge is 0.260 e. The molecule has 0 radical (unpaired) electrons. The Balaban J connectivity index is 1.55. The molecule has 1 fully saturated rings. The second-order valence-corrected chi connectivity index (χ2v) is 6.58. The van der Waals surface area contributed by atoms with Crippen LogP contribution in [0.25, 0.3) is 0 Å². The van der Waals surface area contributed by atoms with Gasteiger partial charge in [0.25, 0.3) is 11.8 Å². The van der Waals surface area contributed by atoms with Crippen LogP contribution in [0, 0.1) is 0 Å². The van der Waals surface area contributed by atoms with Gasteiger partial charge in [-0.15, -0.1) is 0 Å². The Morgan fingerprint density at radius 2 is 1.55 bits per heavy atom. The van der Waals surface area contributed by atoms with Crippen LogP contribution in [-0.2, 0) is 4.79 Å². The fourth-order valence-corrected chi connectivity index (χ4v) is 3.19. The summed E-state index contributed by atoms with van der Waals surface area (Å²) >= 11 is 0. The topological polar surface area (TPSA) is 94.3 Å². The fourth-order valence-electron chi connectivity index (χ4n) is 3.19. The molecule has 0 aromatic heterocycles. The van der Waals surface area contributed by atoms with Crippen molar-refractivity contribution in [2.45, 2.75) is 0 Å². The average molecular weight is 399 g/mol. The Kier molecular flexibility index (Phi) is 6.43. The maximum absolute atomic E-state index is 12.6. The Bertz CT molecular complexity index is 861. The zero-order valence-electron chi connectivity index (χ0n) is 16.6. The van der Waals surface area contributed by atoms with Crippen LogP contribution in [0.1, 0.15) is 10.4 Å². The van der Waals surface area contributed by atoms with Crippen molar-refractivity contribution in [2.24, 2.45) is 5.73 Å². The first-order chi connectivity index (χ1) is 14.0. The normalized spacial score (nSPS) is 13.7. The summed E-state index contributed by atoms with van der Waals surface area (Å²) in [4.78, 5) is 28.1. The van der Waals surface area contributed by atoms with Crippen molar-refractivity contribution in [2.75, 3.05) is 51.9 Å². The van der Waals surface area contributed by atoms with Gasteiger partial charge in [0.1, 0.15) is 17.2 Å². The van der Waals surface area contributed by atoms with E-state index in [1.165, 1.54) is 13.2 Å². The third-order valence-corrected chi connectivity index (χ3v) is 4.88. The van der Waals surface area contributed by atoms with Gasteiger partial charge in [-0.05, 0) is 36.4 Å². The molecule has 2 aromatic carbocycles. The number of rotatable bonds is 7. The number of carbonyl (C=O) groups excluding carboxylic acids is 2. The van der Waals surface area contributed by atoms with E-state index < -0.39 is 5.91 Å². The number of hydrogen-bond acceptors (Lipinski definition) is 6. The lowest BCUT2D eigenvalue weighted by Crippen LogP contribution is -2.50. The number of nitrogens with zero attached hydrogens (tertiary/aromatic N) is 2. The highest BCUT2D eigenvalue weighted by molar-refractivity contribution is 5.96. The van der Waals surface area contributed by atoms with Crippen LogP contribution >= 0.6 is 0 Å². The van der Waals surface area contributed by atoms with E-state index >= 15 is 0 Å². The molecule has 0 bridgehead atoms. The maximum Gasteiger partial charge on any atom is 0.260 e. The Hall–Kier alpha value is -3.42. The standard InChI is InChI=1S/C21H25N3O5/c1-27-16-5-3-15(4-6-16)23-9-11-24(12-10-23)20(25)14-29-19-13-17(28-2)7-8-18(19)21(22)26/h3-8,13H,9-12,14H2,1-2H3,(H2,22,26). The minimum absolute atomic E-state index is 0.141. The monoisotopic (exact) mass is 399 g/mol. The van der Waals surface area contributed by atoms with Crippen LogP contribution in [0.3, 0.4) is 0 Å². The van der Waals surface area contributed by atoms with E-state index in [1.54, 1.807) is 24.1 Å². The summed E-state index contributed by atoms with van der Waals surface area (Å²) in [7, 11) is 3.15. The van der Waals surface area contributed by atoms with Crippen LogP contribution in [-0.4, -0.2) is 63.7 Å². The highest BCUT2D eigenvalue weighted by Gasteiger charge is 2.22. The second kappa shape index (κ2) is 9.18. The van der Waals surface area contributed by atoms with Crippen molar-refractivity contribution in [3.05, 3.63) is 48.0 Å². The van der Waals surface area contributed by atoms with Gasteiger partial charge >= 0.3 is 0 Å². The lowest BCUT2D eigenvalue weighted by molar-refractivity contribution is -0.133. The molecule has 2 amide bonds. The number of benzene rings is 2. The molecule has 0 saturated carbocycles. The summed E-state index contributed by atoms with van der Waals surface area (Å²) in [5.41, 5.74) is 6.68. The number of anilines is 1. The van der Waals surface area contributed by atoms with Gasteiger partial charge in [-0.25, -0.2) is 0 Å². The molecule has 0 spiro atoms. The number of carbonyl (C=O) groups is 2. The van der Waals surface area contributed by atoms with Gasteiger partial charge in [-0.2, -0.15) is 0 Å². The fraction of sp³-hybridized carbons (Fsp3) is 0.333. The number of amides is 2. The third-order valence-electron chi connectivity index (χ3n) is 4.88. The zero-order chi connectivity index (χ0) is 20.8. The number of nitrogens with two attached hydrogens (primary N) is 1. The van der Waals surface area contributed by atoms with E-state index in [4.69, 9.17) is 19.9 Å². The maximum atomic E-state index is 12.6. The molecule has 0 aliphatic carbocycles. The molecular formula is C21H25N3O5. The first kappa shape index (κ1) is 20.3. The quantitative estimate of drug-likeness (QED) is 0.759. The highest BCUT2D eigenvalue weighted by Crippen LogP contribution is 2.25. The summed E-state index contributed by atoms with van der Waals surface area (Å²) in [6.07, 6.45) is 0. The Morgan fingerprint density at radius 3 is 2.14 bits per heavy atom. The molecule has 0 atom stereocenters. The molecule has 29 heavy (non-hydrogen) atoms. The molecule has 0 unspecified atom stereocenters. The van der Waals surface area contributed by atoms with E-state index in [2.05, 4.69) is 4.90 Å². The lowest BCUT2D eigenvalue weighted by Gasteiger charge is -2.36. The van der Waals surface area contributed by atoms with Gasteiger partial charge in [0.05, 0.1) is 19.8 Å². The Labute approximate surface area is 169 Å². The molecule has 8 heteroatoms. The van der Waals surface area contributed by atoms with Crippen LogP contribution in [0.5, 0.6) is 17.2 Å². The van der Waals surface area contributed by atoms with Gasteiger partial charge in [-0.3, -0.25) is 9.59 Å². The van der Waals surface area contributed by atoms with Crippen molar-refractivity contribution in [1.29, 1.82) is 0 Å². The predicted octanol–water partition coefficient (Wildman–Crippen LogP) is 1.53. The molecule has 2 aromatic rings. The number of piperazine rings is 1. The molecule has 3 rings (SSSR count). The van der Waals surface area contributed by atoms with E-state index in [0.29, 0.717) is 18.8 Å². The minimum Gasteiger partial charge on any atom is -0.497 e. The van der Waals surface area contributed by atoms with Crippen molar-refractivity contribution < 1.29 is 23.8 Å². The molecule has 1 aliphatic heterocycles. The van der Waals surface area contributed by atoms with Crippen LogP contribution in [0.4, 0.5) is 5.69 Å². The third kappa shape index (κ3) is 4.90. The van der Waals surface area contributed by atoms with Gasteiger partial charge in [0, 0.05) is 37.9 Å². The molecule has 1 saturated heterocycles. The van der Waals surface area contributed by atoms with Gasteiger partial charge in [-0.1, -0.05) is 0 Å². The number of primary amides is 1. The summed E-state index contributed by atoms with van der Waals surface area (Å²) < 4.78 is 15.9. The Morgan fingerprint density at radius 1 is 0.931 bits per heavy atom. The largest absolute Gasteiger partial charge is 0.497 e. The summed E-state index contributed by atoms with van der Waals surface area (Å²) in [6.45, 7) is 2.47. The molecule has 2 N–H and O–H groups in total. The number of ether oxygens (including phenoxy) is 3. The highest BCUT2D eigenvalue weighted by atomic mass is 16.5. The van der Waals surface area contributed by atoms with Crippen molar-refractivity contribution in [3.63, 3.8) is 0 Å². The first-order valence-electron chi connectivity index (χ1n) is 9.29. The van der Waals surface area contributed by atoms with Crippen molar-refractivity contribution in [3.8, 4) is 17.2 Å². The summed E-state index contributed by atoms with van der Waals surface area (Å²) in [5.74, 6) is 0.807. The zero-order valence-corrected chi connectivity index (χ0v) is 16.6. The predicted molar refractivity (Wildman–Crippen MR) is 109 cm³/mol. The molecule has 8 nitrogen and oxygen atoms in total.